The molecular formula is C13H16ClFO2. The monoisotopic (exact) mass is 258 g/mol. The van der Waals surface area contributed by atoms with Crippen molar-refractivity contribution in [3.05, 3.63) is 34.6 Å². The predicted octanol–water partition coefficient (Wildman–Crippen LogP) is 2.81. The number of benzene rings is 1. The molecule has 4 heteroatoms. The third-order valence-electron chi connectivity index (χ3n) is 3.39. The van der Waals surface area contributed by atoms with Gasteiger partial charge < -0.3 is 9.84 Å². The van der Waals surface area contributed by atoms with Crippen molar-refractivity contribution in [2.75, 3.05) is 6.61 Å². The standard InChI is InChI=1S/C13H16ClFO2/c1-8-10(5-6-17-8)12(16)7-9-3-2-4-11(14)13(9)15/h2-4,8,10,12,16H,5-7H2,1H3. The number of aliphatic hydroxyl groups excluding tert-OH is 1. The van der Waals surface area contributed by atoms with E-state index in [2.05, 4.69) is 0 Å². The van der Waals surface area contributed by atoms with Crippen molar-refractivity contribution in [1.82, 2.24) is 0 Å². The van der Waals surface area contributed by atoms with E-state index in [1.165, 1.54) is 6.07 Å². The van der Waals surface area contributed by atoms with Gasteiger partial charge in [0.15, 0.2) is 0 Å². The lowest BCUT2D eigenvalue weighted by molar-refractivity contribution is 0.0437. The van der Waals surface area contributed by atoms with E-state index in [0.717, 1.165) is 6.42 Å². The summed E-state index contributed by atoms with van der Waals surface area (Å²) in [5.41, 5.74) is 0.462. The highest BCUT2D eigenvalue weighted by molar-refractivity contribution is 6.30. The average molecular weight is 259 g/mol. The molecule has 0 bridgehead atoms. The Morgan fingerprint density at radius 1 is 1.59 bits per heavy atom. The summed E-state index contributed by atoms with van der Waals surface area (Å²) in [5, 5.41) is 10.2. The third-order valence-corrected chi connectivity index (χ3v) is 3.68. The molecule has 1 fully saturated rings. The minimum atomic E-state index is -0.583. The summed E-state index contributed by atoms with van der Waals surface area (Å²) >= 11 is 5.70. The molecular weight excluding hydrogens is 243 g/mol. The van der Waals surface area contributed by atoms with E-state index in [0.29, 0.717) is 12.2 Å². The lowest BCUT2D eigenvalue weighted by atomic mass is 9.91. The van der Waals surface area contributed by atoms with Crippen molar-refractivity contribution >= 4 is 11.6 Å². The average Bonchev–Trinajstić information content (AvgIpc) is 2.71. The van der Waals surface area contributed by atoms with E-state index in [9.17, 15) is 9.50 Å². The number of hydrogen-bond acceptors (Lipinski definition) is 2. The summed E-state index contributed by atoms with van der Waals surface area (Å²) in [4.78, 5) is 0. The molecule has 1 heterocycles. The maximum absolute atomic E-state index is 13.7. The second-order valence-electron chi connectivity index (χ2n) is 4.51. The highest BCUT2D eigenvalue weighted by atomic mass is 35.5. The molecule has 3 unspecified atom stereocenters. The van der Waals surface area contributed by atoms with Gasteiger partial charge in [0.2, 0.25) is 0 Å². The molecule has 17 heavy (non-hydrogen) atoms. The van der Waals surface area contributed by atoms with Crippen LogP contribution in [0.3, 0.4) is 0 Å². The van der Waals surface area contributed by atoms with Gasteiger partial charge in [-0.3, -0.25) is 0 Å². The maximum Gasteiger partial charge on any atom is 0.145 e. The molecule has 2 nitrogen and oxygen atoms in total. The first kappa shape index (κ1) is 12.8. The van der Waals surface area contributed by atoms with Crippen LogP contribution < -0.4 is 0 Å². The lowest BCUT2D eigenvalue weighted by Crippen LogP contribution is -2.28. The van der Waals surface area contributed by atoms with E-state index in [4.69, 9.17) is 16.3 Å². The highest BCUT2D eigenvalue weighted by Gasteiger charge is 2.31. The fourth-order valence-electron chi connectivity index (χ4n) is 2.34. The normalized spacial score (nSPS) is 26.1. The Morgan fingerprint density at radius 2 is 2.35 bits per heavy atom. The van der Waals surface area contributed by atoms with Crippen LogP contribution in [0.25, 0.3) is 0 Å². The number of hydrogen-bond donors (Lipinski definition) is 1. The second-order valence-corrected chi connectivity index (χ2v) is 4.92. The van der Waals surface area contributed by atoms with Crippen molar-refractivity contribution in [2.45, 2.75) is 32.0 Å². The SMILES string of the molecule is CC1OCCC1C(O)Cc1cccc(Cl)c1F. The van der Waals surface area contributed by atoms with Crippen molar-refractivity contribution in [3.63, 3.8) is 0 Å². The fraction of sp³-hybridized carbons (Fsp3) is 0.538. The van der Waals surface area contributed by atoms with Crippen LogP contribution in [0.2, 0.25) is 5.02 Å². The van der Waals surface area contributed by atoms with Crippen LogP contribution in [0, 0.1) is 11.7 Å². The van der Waals surface area contributed by atoms with E-state index >= 15 is 0 Å². The lowest BCUT2D eigenvalue weighted by Gasteiger charge is -2.21. The zero-order valence-corrected chi connectivity index (χ0v) is 10.5. The maximum atomic E-state index is 13.7. The molecule has 0 spiro atoms. The van der Waals surface area contributed by atoms with Gasteiger partial charge in [-0.15, -0.1) is 0 Å². The summed E-state index contributed by atoms with van der Waals surface area (Å²) in [6.45, 7) is 2.61. The smallest absolute Gasteiger partial charge is 0.145 e. The molecule has 3 atom stereocenters. The molecule has 0 saturated carbocycles. The van der Waals surface area contributed by atoms with E-state index in [1.54, 1.807) is 12.1 Å². The van der Waals surface area contributed by atoms with Gasteiger partial charge in [-0.1, -0.05) is 23.7 Å². The van der Waals surface area contributed by atoms with Gasteiger partial charge >= 0.3 is 0 Å². The zero-order chi connectivity index (χ0) is 12.4. The summed E-state index contributed by atoms with van der Waals surface area (Å²) in [5.74, 6) is -0.354. The Hall–Kier alpha value is -0.640. The molecule has 94 valence electrons. The zero-order valence-electron chi connectivity index (χ0n) is 9.70. The van der Waals surface area contributed by atoms with Crippen LogP contribution in [-0.4, -0.2) is 23.9 Å². The van der Waals surface area contributed by atoms with Gasteiger partial charge in [0.05, 0.1) is 17.2 Å². The third kappa shape index (κ3) is 2.79. The molecule has 1 saturated heterocycles. The molecule has 1 aromatic carbocycles. The fourth-order valence-corrected chi connectivity index (χ4v) is 2.53. The van der Waals surface area contributed by atoms with Crippen molar-refractivity contribution in [1.29, 1.82) is 0 Å². The highest BCUT2D eigenvalue weighted by Crippen LogP contribution is 2.27. The van der Waals surface area contributed by atoms with Crippen molar-refractivity contribution in [3.8, 4) is 0 Å². The molecule has 1 N–H and O–H groups in total. The quantitative estimate of drug-likeness (QED) is 0.903. The van der Waals surface area contributed by atoms with Crippen LogP contribution in [0.5, 0.6) is 0 Å². The molecule has 0 aromatic heterocycles. The van der Waals surface area contributed by atoms with Gasteiger partial charge in [0.1, 0.15) is 5.82 Å². The van der Waals surface area contributed by atoms with E-state index < -0.39 is 11.9 Å². The van der Waals surface area contributed by atoms with Gasteiger partial charge in [0, 0.05) is 18.9 Å². The molecule has 1 aliphatic rings. The molecule has 0 amide bonds. The van der Waals surface area contributed by atoms with Crippen LogP contribution in [0.15, 0.2) is 18.2 Å². The summed E-state index contributed by atoms with van der Waals surface area (Å²) < 4.78 is 19.1. The second kappa shape index (κ2) is 5.34. The first-order valence-corrected chi connectivity index (χ1v) is 6.20. The summed E-state index contributed by atoms with van der Waals surface area (Å²) in [6.07, 6.45) is 0.558. The van der Waals surface area contributed by atoms with Crippen LogP contribution in [0.1, 0.15) is 18.9 Å². The number of ether oxygens (including phenoxy) is 1. The molecule has 2 rings (SSSR count). The Bertz CT molecular complexity index is 397. The summed E-state index contributed by atoms with van der Waals surface area (Å²) in [7, 11) is 0. The topological polar surface area (TPSA) is 29.5 Å². The molecule has 0 aliphatic carbocycles. The Labute approximate surface area is 105 Å². The minimum absolute atomic E-state index is 0.0345. The molecule has 0 radical (unpaired) electrons. The summed E-state index contributed by atoms with van der Waals surface area (Å²) in [6, 6.07) is 4.86. The first-order chi connectivity index (χ1) is 8.09. The Morgan fingerprint density at radius 3 is 3.00 bits per heavy atom. The first-order valence-electron chi connectivity index (χ1n) is 5.82. The molecule has 1 aromatic rings. The van der Waals surface area contributed by atoms with E-state index in [1.807, 2.05) is 6.92 Å². The Balaban J connectivity index is 2.07. The van der Waals surface area contributed by atoms with Crippen molar-refractivity contribution in [2.24, 2.45) is 5.92 Å². The van der Waals surface area contributed by atoms with Gasteiger partial charge in [-0.25, -0.2) is 4.39 Å². The molecule has 1 aliphatic heterocycles. The van der Waals surface area contributed by atoms with Gasteiger partial charge in [0.25, 0.3) is 0 Å². The largest absolute Gasteiger partial charge is 0.392 e. The van der Waals surface area contributed by atoms with Gasteiger partial charge in [-0.2, -0.15) is 0 Å². The van der Waals surface area contributed by atoms with Crippen LogP contribution >= 0.6 is 11.6 Å². The van der Waals surface area contributed by atoms with Crippen molar-refractivity contribution < 1.29 is 14.2 Å². The van der Waals surface area contributed by atoms with Crippen LogP contribution in [0.4, 0.5) is 4.39 Å². The minimum Gasteiger partial charge on any atom is -0.392 e. The number of aliphatic hydroxyl groups is 1. The van der Waals surface area contributed by atoms with E-state index in [-0.39, 0.29) is 23.5 Å². The van der Waals surface area contributed by atoms with Crippen LogP contribution in [-0.2, 0) is 11.2 Å². The number of rotatable bonds is 3. The Kier molecular flexibility index (Phi) is 4.02. The predicted molar refractivity (Wildman–Crippen MR) is 64.6 cm³/mol. The van der Waals surface area contributed by atoms with Gasteiger partial charge in [-0.05, 0) is 25.0 Å². The number of halogens is 2.